The zero-order chi connectivity index (χ0) is 12.4. The fourth-order valence-electron chi connectivity index (χ4n) is 1.97. The standard InChI is InChI=1S/C11H11FN2O3/c12-9-7(3-1-5-13-9)10(15)14-6-2-4-8(14)11(16)17/h1,3,5,8H,2,4,6H2,(H,16,17)/t8-/m0/s1. The maximum Gasteiger partial charge on any atom is 0.326 e. The van der Waals surface area contributed by atoms with Crippen LogP contribution in [0, 0.1) is 5.95 Å². The lowest BCUT2D eigenvalue weighted by Crippen LogP contribution is -2.40. The van der Waals surface area contributed by atoms with E-state index in [1.807, 2.05) is 0 Å². The summed E-state index contributed by atoms with van der Waals surface area (Å²) in [6, 6.07) is 1.89. The molecular weight excluding hydrogens is 227 g/mol. The summed E-state index contributed by atoms with van der Waals surface area (Å²) in [4.78, 5) is 27.5. The van der Waals surface area contributed by atoms with E-state index < -0.39 is 23.9 Å². The van der Waals surface area contributed by atoms with Gasteiger partial charge in [-0.1, -0.05) is 0 Å². The molecule has 2 heterocycles. The van der Waals surface area contributed by atoms with Crippen LogP contribution in [0.15, 0.2) is 18.3 Å². The molecule has 0 aliphatic carbocycles. The van der Waals surface area contributed by atoms with Gasteiger partial charge in [0.1, 0.15) is 6.04 Å². The lowest BCUT2D eigenvalue weighted by atomic mass is 10.2. The Bertz CT molecular complexity index is 464. The maximum atomic E-state index is 13.3. The fraction of sp³-hybridized carbons (Fsp3) is 0.364. The number of rotatable bonds is 2. The summed E-state index contributed by atoms with van der Waals surface area (Å²) in [5.41, 5.74) is -0.180. The zero-order valence-electron chi connectivity index (χ0n) is 8.97. The summed E-state index contributed by atoms with van der Waals surface area (Å²) in [6.45, 7) is 0.337. The van der Waals surface area contributed by atoms with Crippen molar-refractivity contribution in [1.82, 2.24) is 9.88 Å². The molecule has 17 heavy (non-hydrogen) atoms. The second-order valence-electron chi connectivity index (χ2n) is 3.84. The van der Waals surface area contributed by atoms with Crippen molar-refractivity contribution >= 4 is 11.9 Å². The molecule has 0 bridgehead atoms. The van der Waals surface area contributed by atoms with E-state index in [1.165, 1.54) is 23.2 Å². The topological polar surface area (TPSA) is 70.5 Å². The second-order valence-corrected chi connectivity index (χ2v) is 3.84. The number of carbonyl (C=O) groups excluding carboxylic acids is 1. The average Bonchev–Trinajstić information content (AvgIpc) is 2.77. The van der Waals surface area contributed by atoms with E-state index in [1.54, 1.807) is 0 Å². The molecule has 90 valence electrons. The number of carboxylic acid groups (broad SMARTS) is 1. The summed E-state index contributed by atoms with van der Waals surface area (Å²) < 4.78 is 13.3. The highest BCUT2D eigenvalue weighted by molar-refractivity contribution is 5.96. The normalized spacial score (nSPS) is 19.4. The Hall–Kier alpha value is -1.98. The molecule has 6 heteroatoms. The Morgan fingerprint density at radius 3 is 2.94 bits per heavy atom. The molecule has 1 atom stereocenters. The van der Waals surface area contributed by atoms with Gasteiger partial charge in [-0.15, -0.1) is 0 Å². The molecule has 1 aromatic heterocycles. The number of aliphatic carboxylic acids is 1. The molecule has 0 spiro atoms. The van der Waals surface area contributed by atoms with Gasteiger partial charge in [0.05, 0.1) is 5.56 Å². The first-order valence-electron chi connectivity index (χ1n) is 5.25. The minimum absolute atomic E-state index is 0.180. The highest BCUT2D eigenvalue weighted by Gasteiger charge is 2.35. The highest BCUT2D eigenvalue weighted by atomic mass is 19.1. The number of likely N-dealkylation sites (tertiary alicyclic amines) is 1. The van der Waals surface area contributed by atoms with Crippen molar-refractivity contribution in [1.29, 1.82) is 0 Å². The number of halogens is 1. The zero-order valence-corrected chi connectivity index (χ0v) is 8.97. The molecule has 0 unspecified atom stereocenters. The third-order valence-corrected chi connectivity index (χ3v) is 2.79. The highest BCUT2D eigenvalue weighted by Crippen LogP contribution is 2.20. The number of nitrogens with zero attached hydrogens (tertiary/aromatic N) is 2. The number of pyridine rings is 1. The van der Waals surface area contributed by atoms with Gasteiger partial charge >= 0.3 is 5.97 Å². The summed E-state index contributed by atoms with van der Waals surface area (Å²) in [7, 11) is 0. The van der Waals surface area contributed by atoms with Crippen molar-refractivity contribution in [3.8, 4) is 0 Å². The Morgan fingerprint density at radius 2 is 2.29 bits per heavy atom. The van der Waals surface area contributed by atoms with Crippen LogP contribution in [0.4, 0.5) is 4.39 Å². The second kappa shape index (κ2) is 4.48. The van der Waals surface area contributed by atoms with E-state index in [9.17, 15) is 14.0 Å². The maximum absolute atomic E-state index is 13.3. The van der Waals surface area contributed by atoms with E-state index in [4.69, 9.17) is 5.11 Å². The van der Waals surface area contributed by atoms with Crippen molar-refractivity contribution in [2.45, 2.75) is 18.9 Å². The summed E-state index contributed by atoms with van der Waals surface area (Å²) in [5, 5.41) is 8.95. The van der Waals surface area contributed by atoms with Crippen LogP contribution < -0.4 is 0 Å². The largest absolute Gasteiger partial charge is 0.480 e. The number of carbonyl (C=O) groups is 2. The lowest BCUT2D eigenvalue weighted by Gasteiger charge is -2.21. The van der Waals surface area contributed by atoms with E-state index in [0.717, 1.165) is 0 Å². The number of aromatic nitrogens is 1. The molecule has 2 rings (SSSR count). The molecular formula is C11H11FN2O3. The Morgan fingerprint density at radius 1 is 1.53 bits per heavy atom. The van der Waals surface area contributed by atoms with Gasteiger partial charge < -0.3 is 10.0 Å². The van der Waals surface area contributed by atoms with Gasteiger partial charge in [0.15, 0.2) is 0 Å². The number of hydrogen-bond acceptors (Lipinski definition) is 3. The van der Waals surface area contributed by atoms with Gasteiger partial charge in [-0.2, -0.15) is 4.39 Å². The van der Waals surface area contributed by atoms with Crippen LogP contribution in [-0.4, -0.2) is 39.5 Å². The molecule has 1 fully saturated rings. The van der Waals surface area contributed by atoms with Gasteiger partial charge in [-0.05, 0) is 25.0 Å². The molecule has 0 aromatic carbocycles. The van der Waals surface area contributed by atoms with Crippen molar-refractivity contribution in [3.63, 3.8) is 0 Å². The minimum atomic E-state index is -1.06. The predicted octanol–water partition coefficient (Wildman–Crippen LogP) is 0.910. The van der Waals surface area contributed by atoms with Crippen molar-refractivity contribution in [2.24, 2.45) is 0 Å². The van der Waals surface area contributed by atoms with Crippen LogP contribution in [0.1, 0.15) is 23.2 Å². The lowest BCUT2D eigenvalue weighted by molar-refractivity contribution is -0.141. The van der Waals surface area contributed by atoms with Crippen molar-refractivity contribution in [2.75, 3.05) is 6.54 Å². The van der Waals surface area contributed by atoms with Crippen LogP contribution in [-0.2, 0) is 4.79 Å². The molecule has 5 nitrogen and oxygen atoms in total. The summed E-state index contributed by atoms with van der Waals surface area (Å²) in [6.07, 6.45) is 2.26. The van der Waals surface area contributed by atoms with Crippen molar-refractivity contribution < 1.29 is 19.1 Å². The smallest absolute Gasteiger partial charge is 0.326 e. The fourth-order valence-corrected chi connectivity index (χ4v) is 1.97. The first kappa shape index (κ1) is 11.5. The average molecular weight is 238 g/mol. The molecule has 1 aliphatic heterocycles. The monoisotopic (exact) mass is 238 g/mol. The van der Waals surface area contributed by atoms with E-state index >= 15 is 0 Å². The predicted molar refractivity (Wildman–Crippen MR) is 55.9 cm³/mol. The third kappa shape index (κ3) is 2.11. The van der Waals surface area contributed by atoms with E-state index in [-0.39, 0.29) is 5.56 Å². The first-order chi connectivity index (χ1) is 8.11. The van der Waals surface area contributed by atoms with Crippen LogP contribution in [0.3, 0.4) is 0 Å². The van der Waals surface area contributed by atoms with Gasteiger partial charge in [-0.25, -0.2) is 9.78 Å². The Labute approximate surface area is 96.9 Å². The molecule has 0 radical (unpaired) electrons. The van der Waals surface area contributed by atoms with E-state index in [0.29, 0.717) is 19.4 Å². The molecule has 1 amide bonds. The van der Waals surface area contributed by atoms with Crippen LogP contribution in [0.2, 0.25) is 0 Å². The SMILES string of the molecule is O=C(O)[C@@H]1CCCN1C(=O)c1cccnc1F. The Kier molecular flexibility index (Phi) is 3.03. The summed E-state index contributed by atoms with van der Waals surface area (Å²) >= 11 is 0. The molecule has 0 saturated carbocycles. The van der Waals surface area contributed by atoms with Crippen LogP contribution >= 0.6 is 0 Å². The number of amides is 1. The Balaban J connectivity index is 2.26. The van der Waals surface area contributed by atoms with Gasteiger partial charge in [0, 0.05) is 12.7 Å². The van der Waals surface area contributed by atoms with Gasteiger partial charge in [0.25, 0.3) is 5.91 Å². The minimum Gasteiger partial charge on any atom is -0.480 e. The van der Waals surface area contributed by atoms with Gasteiger partial charge in [-0.3, -0.25) is 4.79 Å². The first-order valence-corrected chi connectivity index (χ1v) is 5.25. The van der Waals surface area contributed by atoms with Gasteiger partial charge in [0.2, 0.25) is 5.95 Å². The molecule has 1 aromatic rings. The third-order valence-electron chi connectivity index (χ3n) is 2.79. The van der Waals surface area contributed by atoms with Crippen LogP contribution in [0.25, 0.3) is 0 Å². The van der Waals surface area contributed by atoms with Crippen molar-refractivity contribution in [3.05, 3.63) is 29.8 Å². The quantitative estimate of drug-likeness (QED) is 0.777. The summed E-state index contributed by atoms with van der Waals surface area (Å²) in [5.74, 6) is -2.53. The van der Waals surface area contributed by atoms with Crippen LogP contribution in [0.5, 0.6) is 0 Å². The molecule has 1 N–H and O–H groups in total. The van der Waals surface area contributed by atoms with E-state index in [2.05, 4.69) is 4.98 Å². The number of carboxylic acids is 1. The molecule has 1 saturated heterocycles. The number of hydrogen-bond donors (Lipinski definition) is 1. The molecule has 1 aliphatic rings.